The van der Waals surface area contributed by atoms with Crippen molar-refractivity contribution in [2.45, 2.75) is 33.0 Å². The summed E-state index contributed by atoms with van der Waals surface area (Å²) in [6, 6.07) is 9.48. The van der Waals surface area contributed by atoms with E-state index in [9.17, 15) is 14.7 Å². The van der Waals surface area contributed by atoms with E-state index in [2.05, 4.69) is 21.2 Å². The van der Waals surface area contributed by atoms with Crippen LogP contribution in [0.25, 0.3) is 0 Å². The maximum Gasteiger partial charge on any atom is 0.337 e. The molecule has 0 saturated heterocycles. The van der Waals surface area contributed by atoms with E-state index in [1.165, 1.54) is 7.11 Å². The first-order valence-electron chi connectivity index (χ1n) is 11.6. The quantitative estimate of drug-likeness (QED) is 0.156. The number of ether oxygens (including phenoxy) is 4. The topological polar surface area (TPSA) is 140 Å². The number of carbonyl (C=O) groups is 2. The van der Waals surface area contributed by atoms with Crippen LogP contribution in [0.2, 0.25) is 0 Å². The van der Waals surface area contributed by atoms with Crippen molar-refractivity contribution in [3.8, 4) is 17.2 Å². The van der Waals surface area contributed by atoms with Crippen LogP contribution in [0.3, 0.4) is 0 Å². The van der Waals surface area contributed by atoms with Gasteiger partial charge in [0.2, 0.25) is 0 Å². The summed E-state index contributed by atoms with van der Waals surface area (Å²) in [5, 5.41) is 19.6. The minimum absolute atomic E-state index is 0.121. The van der Waals surface area contributed by atoms with Gasteiger partial charge in [-0.05, 0) is 55.7 Å². The molecule has 4 N–H and O–H groups in total. The van der Waals surface area contributed by atoms with E-state index in [0.717, 1.165) is 16.9 Å². The highest BCUT2D eigenvalue weighted by Gasteiger charge is 2.32. The number of amides is 2. The fourth-order valence-electron chi connectivity index (χ4n) is 3.74. The first-order valence-corrected chi connectivity index (χ1v) is 11.6. The number of aliphatic hydroxyl groups excluding tert-OH is 1. The molecule has 2 atom stereocenters. The van der Waals surface area contributed by atoms with Gasteiger partial charge in [-0.3, -0.25) is 5.43 Å². The molecule has 1 aliphatic heterocycles. The molecule has 0 bridgehead atoms. The summed E-state index contributed by atoms with van der Waals surface area (Å²) in [5.41, 5.74) is 5.70. The van der Waals surface area contributed by atoms with Crippen molar-refractivity contribution in [1.29, 1.82) is 0 Å². The van der Waals surface area contributed by atoms with E-state index < -0.39 is 24.3 Å². The number of esters is 1. The molecule has 1 heterocycles. The molecule has 11 nitrogen and oxygen atoms in total. The first kappa shape index (κ1) is 27.3. The number of hydrazone groups is 1. The molecule has 11 heteroatoms. The molecule has 2 amide bonds. The van der Waals surface area contributed by atoms with E-state index in [4.69, 9.17) is 18.9 Å². The lowest BCUT2D eigenvalue weighted by atomic mass is 9.95. The third-order valence-electron chi connectivity index (χ3n) is 5.54. The number of nitrogens with one attached hydrogen (secondary N) is 3. The number of aryl methyl sites for hydroxylation is 1. The highest BCUT2D eigenvalue weighted by Crippen LogP contribution is 2.34. The molecule has 0 fully saturated rings. The van der Waals surface area contributed by atoms with Crippen molar-refractivity contribution in [3.63, 3.8) is 0 Å². The van der Waals surface area contributed by atoms with Crippen LogP contribution in [-0.4, -0.2) is 57.0 Å². The standard InChI is InChI=1S/C26H32N4O7/c1-6-36-21-12-18(24-23(25(32)35-5)16(3)28-26(33)29-24)9-10-19(21)37-14-22(31)30-27-13-17-8-7-15(2)20(11-17)34-4/h7-13,22,24,30-31H,6,14H2,1-5H3,(H2,28,29,33)/b27-13+/t22-,24-/m0/s1. The van der Waals surface area contributed by atoms with Crippen LogP contribution in [0.5, 0.6) is 17.2 Å². The Balaban J connectivity index is 1.70. The minimum Gasteiger partial charge on any atom is -0.496 e. The van der Waals surface area contributed by atoms with Gasteiger partial charge in [0.15, 0.2) is 17.7 Å². The third kappa shape index (κ3) is 6.91. The molecule has 0 spiro atoms. The maximum atomic E-state index is 12.4. The van der Waals surface area contributed by atoms with Crippen LogP contribution < -0.4 is 30.3 Å². The minimum atomic E-state index is -1.10. The van der Waals surface area contributed by atoms with Crippen LogP contribution in [0.4, 0.5) is 4.79 Å². The second-order valence-corrected chi connectivity index (χ2v) is 8.14. The largest absolute Gasteiger partial charge is 0.496 e. The Morgan fingerprint density at radius 3 is 2.62 bits per heavy atom. The molecule has 3 rings (SSSR count). The number of rotatable bonds is 11. The normalized spacial score (nSPS) is 16.1. The van der Waals surface area contributed by atoms with E-state index in [1.54, 1.807) is 38.4 Å². The second-order valence-electron chi connectivity index (χ2n) is 8.14. The van der Waals surface area contributed by atoms with E-state index in [1.807, 2.05) is 32.0 Å². The Kier molecular flexibility index (Phi) is 9.33. The number of allylic oxidation sites excluding steroid dienone is 1. The summed E-state index contributed by atoms with van der Waals surface area (Å²) in [6.07, 6.45) is 0.464. The molecule has 0 unspecified atom stereocenters. The Morgan fingerprint density at radius 2 is 1.92 bits per heavy atom. The fourth-order valence-corrected chi connectivity index (χ4v) is 3.74. The molecule has 0 radical (unpaired) electrons. The van der Waals surface area contributed by atoms with Gasteiger partial charge in [-0.15, -0.1) is 0 Å². The van der Waals surface area contributed by atoms with Crippen molar-refractivity contribution >= 4 is 18.2 Å². The second kappa shape index (κ2) is 12.6. The summed E-state index contributed by atoms with van der Waals surface area (Å²) in [4.78, 5) is 24.4. The molecule has 2 aromatic rings. The zero-order chi connectivity index (χ0) is 26.9. The molecule has 0 saturated carbocycles. The molecule has 1 aliphatic rings. The highest BCUT2D eigenvalue weighted by atomic mass is 16.5. The van der Waals surface area contributed by atoms with Gasteiger partial charge in [-0.25, -0.2) is 9.59 Å². The average Bonchev–Trinajstić information content (AvgIpc) is 2.88. The van der Waals surface area contributed by atoms with Gasteiger partial charge < -0.3 is 34.7 Å². The van der Waals surface area contributed by atoms with Crippen molar-refractivity contribution < 1.29 is 33.6 Å². The van der Waals surface area contributed by atoms with Crippen LogP contribution in [0, 0.1) is 6.92 Å². The van der Waals surface area contributed by atoms with Gasteiger partial charge in [-0.2, -0.15) is 5.10 Å². The molecular formula is C26H32N4O7. The van der Waals surface area contributed by atoms with Gasteiger partial charge in [0, 0.05) is 5.70 Å². The van der Waals surface area contributed by atoms with Gasteiger partial charge in [0.25, 0.3) is 0 Å². The SMILES string of the molecule is CCOc1cc([C@@H]2NC(=O)NC(C)=C2C(=O)OC)ccc1OC[C@H](O)N/N=C/c1ccc(C)c(OC)c1. The lowest BCUT2D eigenvalue weighted by Crippen LogP contribution is -2.45. The molecule has 0 aromatic heterocycles. The maximum absolute atomic E-state index is 12.4. The predicted molar refractivity (Wildman–Crippen MR) is 137 cm³/mol. The molecule has 37 heavy (non-hydrogen) atoms. The van der Waals surface area contributed by atoms with Crippen molar-refractivity contribution in [1.82, 2.24) is 16.1 Å². The van der Waals surface area contributed by atoms with Crippen molar-refractivity contribution in [2.24, 2.45) is 5.10 Å². The number of hydrogen-bond acceptors (Lipinski definition) is 9. The van der Waals surface area contributed by atoms with Gasteiger partial charge in [-0.1, -0.05) is 18.2 Å². The van der Waals surface area contributed by atoms with E-state index in [0.29, 0.717) is 29.4 Å². The number of carbonyl (C=O) groups excluding carboxylic acids is 2. The van der Waals surface area contributed by atoms with Gasteiger partial charge in [0.1, 0.15) is 12.4 Å². The zero-order valence-electron chi connectivity index (χ0n) is 21.5. The zero-order valence-corrected chi connectivity index (χ0v) is 21.5. The van der Waals surface area contributed by atoms with Crippen LogP contribution in [0.1, 0.15) is 36.6 Å². The number of methoxy groups -OCH3 is 2. The number of urea groups is 1. The number of nitrogens with zero attached hydrogens (tertiary/aromatic N) is 1. The molecule has 198 valence electrons. The molecule has 2 aromatic carbocycles. The van der Waals surface area contributed by atoms with Gasteiger partial charge in [0.05, 0.1) is 38.7 Å². The monoisotopic (exact) mass is 512 g/mol. The Labute approximate surface area is 215 Å². The van der Waals surface area contributed by atoms with Crippen LogP contribution in [0.15, 0.2) is 52.8 Å². The number of benzene rings is 2. The lowest BCUT2D eigenvalue weighted by Gasteiger charge is -2.28. The Morgan fingerprint density at radius 1 is 1.14 bits per heavy atom. The summed E-state index contributed by atoms with van der Waals surface area (Å²) < 4.78 is 21.7. The van der Waals surface area contributed by atoms with E-state index >= 15 is 0 Å². The number of hydrogen-bond donors (Lipinski definition) is 4. The van der Waals surface area contributed by atoms with Crippen molar-refractivity contribution in [2.75, 3.05) is 27.4 Å². The average molecular weight is 513 g/mol. The summed E-state index contributed by atoms with van der Waals surface area (Å²) in [6.45, 7) is 5.62. The smallest absolute Gasteiger partial charge is 0.337 e. The molecule has 0 aliphatic carbocycles. The van der Waals surface area contributed by atoms with Gasteiger partial charge >= 0.3 is 12.0 Å². The summed E-state index contributed by atoms with van der Waals surface area (Å²) in [5.74, 6) is 0.941. The number of aliphatic hydroxyl groups is 1. The summed E-state index contributed by atoms with van der Waals surface area (Å²) in [7, 11) is 2.88. The third-order valence-corrected chi connectivity index (χ3v) is 5.54. The highest BCUT2D eigenvalue weighted by molar-refractivity contribution is 5.95. The lowest BCUT2D eigenvalue weighted by molar-refractivity contribution is -0.136. The predicted octanol–water partition coefficient (Wildman–Crippen LogP) is 2.52. The first-order chi connectivity index (χ1) is 17.8. The van der Waals surface area contributed by atoms with Crippen molar-refractivity contribution in [3.05, 3.63) is 64.4 Å². The Bertz CT molecular complexity index is 1200. The Hall–Kier alpha value is -4.25. The fraction of sp³-hybridized carbons (Fsp3) is 0.346. The van der Waals surface area contributed by atoms with E-state index in [-0.39, 0.29) is 12.2 Å². The van der Waals surface area contributed by atoms with Crippen LogP contribution in [-0.2, 0) is 9.53 Å². The van der Waals surface area contributed by atoms with Crippen LogP contribution >= 0.6 is 0 Å². The summed E-state index contributed by atoms with van der Waals surface area (Å²) >= 11 is 0. The molecular weight excluding hydrogens is 480 g/mol.